The number of urea groups is 1. The summed E-state index contributed by atoms with van der Waals surface area (Å²) < 4.78 is 1.02. The molecular formula is C52H72IN13O11S. The predicted molar refractivity (Wildman–Crippen MR) is 303 cm³/mol. The van der Waals surface area contributed by atoms with Gasteiger partial charge >= 0.3 is 18.0 Å². The summed E-state index contributed by atoms with van der Waals surface area (Å²) in [4.78, 5) is 119. The summed E-state index contributed by atoms with van der Waals surface area (Å²) in [5, 5.41) is 30.5. The van der Waals surface area contributed by atoms with Crippen LogP contribution in [0.25, 0.3) is 0 Å². The molecule has 14 N–H and O–H groups in total. The third-order valence-corrected chi connectivity index (χ3v) is 13.7. The number of ketones is 1. The molecule has 1 aliphatic heterocycles. The van der Waals surface area contributed by atoms with Crippen LogP contribution >= 0.6 is 34.8 Å². The Morgan fingerprint density at radius 3 is 1.69 bits per heavy atom. The van der Waals surface area contributed by atoms with E-state index in [9.17, 15) is 53.4 Å². The number of anilines is 1. The molecule has 7 amide bonds. The van der Waals surface area contributed by atoms with Crippen LogP contribution in [-0.4, -0.2) is 190 Å². The second-order valence-corrected chi connectivity index (χ2v) is 20.8. The Labute approximate surface area is 472 Å². The van der Waals surface area contributed by atoms with E-state index in [0.29, 0.717) is 88.0 Å². The lowest BCUT2D eigenvalue weighted by molar-refractivity contribution is -0.139. The normalized spacial score (nSPS) is 15.7. The molecule has 26 heteroatoms. The van der Waals surface area contributed by atoms with Crippen molar-refractivity contribution in [3.63, 3.8) is 0 Å². The van der Waals surface area contributed by atoms with Crippen molar-refractivity contribution in [3.8, 4) is 0 Å². The van der Waals surface area contributed by atoms with Gasteiger partial charge in [0.2, 0.25) is 23.6 Å². The molecular weight excluding hydrogens is 1140 g/mol. The number of thiocarbonyl (C=S) groups is 1. The molecule has 1 fully saturated rings. The SMILES string of the molecule is CC(=O)CC[C@@H](NC(=O)N[C@H](CCCCN(Cc1ccc(I)cc1)C(=O)c1ccc(CNC(=S)Nc2ccc(CC3CN(CC(N)=O)CCN(CC(N)=O)CCN(CC(N)=O)CCN3CC(N)=O)cc2)cc1)C(=O)O)C(=O)O. The monoisotopic (exact) mass is 1210 g/mol. The number of hydrogen-bond donors (Lipinski definition) is 10. The molecule has 1 saturated heterocycles. The van der Waals surface area contributed by atoms with Crippen LogP contribution in [0.4, 0.5) is 10.5 Å². The molecule has 0 radical (unpaired) electrons. The van der Waals surface area contributed by atoms with Crippen molar-refractivity contribution in [1.29, 1.82) is 0 Å². The van der Waals surface area contributed by atoms with Crippen LogP contribution in [0.3, 0.4) is 0 Å². The third-order valence-electron chi connectivity index (χ3n) is 12.7. The van der Waals surface area contributed by atoms with Gasteiger partial charge in [-0.25, -0.2) is 14.4 Å². The minimum atomic E-state index is -1.38. The highest BCUT2D eigenvalue weighted by atomic mass is 127. The number of amides is 7. The molecule has 3 aromatic carbocycles. The van der Waals surface area contributed by atoms with Gasteiger partial charge in [-0.2, -0.15) is 0 Å². The lowest BCUT2D eigenvalue weighted by Crippen LogP contribution is -2.54. The van der Waals surface area contributed by atoms with Crippen LogP contribution in [0.5, 0.6) is 0 Å². The summed E-state index contributed by atoms with van der Waals surface area (Å²) in [6.45, 7) is 4.47. The zero-order valence-electron chi connectivity index (χ0n) is 43.7. The molecule has 24 nitrogen and oxygen atoms in total. The Balaban J connectivity index is 1.38. The van der Waals surface area contributed by atoms with Gasteiger partial charge in [-0.05, 0) is 127 Å². The molecule has 4 rings (SSSR count). The van der Waals surface area contributed by atoms with Gasteiger partial charge in [-0.3, -0.25) is 43.6 Å². The van der Waals surface area contributed by atoms with Crippen LogP contribution < -0.4 is 44.2 Å². The van der Waals surface area contributed by atoms with Crippen LogP contribution in [0.1, 0.15) is 66.1 Å². The van der Waals surface area contributed by atoms with Gasteiger partial charge in [0.1, 0.15) is 17.9 Å². The van der Waals surface area contributed by atoms with Crippen molar-refractivity contribution in [3.05, 3.63) is 98.6 Å². The van der Waals surface area contributed by atoms with Gasteiger partial charge in [0, 0.05) is 92.7 Å². The molecule has 0 spiro atoms. The Bertz CT molecular complexity index is 2540. The minimum absolute atomic E-state index is 0.00639. The van der Waals surface area contributed by atoms with E-state index in [0.717, 1.165) is 20.3 Å². The topological polar surface area (TPSA) is 362 Å². The molecule has 1 heterocycles. The highest BCUT2D eigenvalue weighted by Gasteiger charge is 2.28. The fourth-order valence-corrected chi connectivity index (χ4v) is 9.25. The zero-order valence-corrected chi connectivity index (χ0v) is 46.7. The molecule has 424 valence electrons. The summed E-state index contributed by atoms with van der Waals surface area (Å²) in [5.74, 6) is -5.31. The Morgan fingerprint density at radius 2 is 1.15 bits per heavy atom. The molecule has 0 aliphatic carbocycles. The van der Waals surface area contributed by atoms with E-state index < -0.39 is 53.7 Å². The number of primary amides is 4. The van der Waals surface area contributed by atoms with Crippen LogP contribution in [0.2, 0.25) is 0 Å². The second kappa shape index (κ2) is 32.8. The smallest absolute Gasteiger partial charge is 0.326 e. The Hall–Kier alpha value is -6.85. The number of carbonyl (C=O) groups is 9. The Morgan fingerprint density at radius 1 is 0.654 bits per heavy atom. The van der Waals surface area contributed by atoms with E-state index >= 15 is 0 Å². The second-order valence-electron chi connectivity index (χ2n) is 19.2. The number of nitrogens with two attached hydrogens (primary N) is 4. The van der Waals surface area contributed by atoms with Crippen LogP contribution in [0.15, 0.2) is 72.8 Å². The molecule has 0 saturated carbocycles. The number of rotatable bonds is 28. The molecule has 0 bridgehead atoms. The van der Waals surface area contributed by atoms with Gasteiger partial charge in [0.25, 0.3) is 5.91 Å². The van der Waals surface area contributed by atoms with E-state index in [1.807, 2.05) is 80.3 Å². The van der Waals surface area contributed by atoms with E-state index in [-0.39, 0.29) is 76.3 Å². The van der Waals surface area contributed by atoms with Gasteiger partial charge < -0.3 is 64.1 Å². The number of carboxylic acid groups (broad SMARTS) is 2. The first kappa shape index (κ1) is 63.7. The van der Waals surface area contributed by atoms with E-state index in [1.165, 1.54) is 6.92 Å². The van der Waals surface area contributed by atoms with Crippen molar-refractivity contribution in [2.75, 3.05) is 83.9 Å². The van der Waals surface area contributed by atoms with Crippen molar-refractivity contribution >= 4 is 98.9 Å². The number of carboxylic acids is 2. The molecule has 78 heavy (non-hydrogen) atoms. The quantitative estimate of drug-likeness (QED) is 0.0264. The summed E-state index contributed by atoms with van der Waals surface area (Å²) in [6, 6.07) is 18.3. The van der Waals surface area contributed by atoms with Gasteiger partial charge in [0.05, 0.1) is 26.2 Å². The Kier molecular flexibility index (Phi) is 26.8. The van der Waals surface area contributed by atoms with Crippen LogP contribution in [-0.2, 0) is 53.1 Å². The predicted octanol–water partition coefficient (Wildman–Crippen LogP) is 0.239. The van der Waals surface area contributed by atoms with E-state index in [4.69, 9.17) is 35.2 Å². The van der Waals surface area contributed by atoms with Crippen molar-refractivity contribution in [2.24, 2.45) is 22.9 Å². The van der Waals surface area contributed by atoms with E-state index in [2.05, 4.69) is 43.9 Å². The highest BCUT2D eigenvalue weighted by molar-refractivity contribution is 14.1. The third kappa shape index (κ3) is 24.2. The molecule has 3 aromatic rings. The first-order chi connectivity index (χ1) is 37.0. The average Bonchev–Trinajstić information content (AvgIpc) is 3.37. The highest BCUT2D eigenvalue weighted by Crippen LogP contribution is 2.18. The molecule has 0 aromatic heterocycles. The number of benzene rings is 3. The summed E-state index contributed by atoms with van der Waals surface area (Å²) in [7, 11) is 0. The lowest BCUT2D eigenvalue weighted by Gasteiger charge is -2.38. The first-order valence-corrected chi connectivity index (χ1v) is 26.8. The number of unbranched alkanes of at least 4 members (excludes halogenated alkanes) is 1. The maximum Gasteiger partial charge on any atom is 0.326 e. The largest absolute Gasteiger partial charge is 0.480 e. The molecule has 3 atom stereocenters. The number of nitrogens with zero attached hydrogens (tertiary/aromatic N) is 5. The summed E-state index contributed by atoms with van der Waals surface area (Å²) >= 11 is 7.82. The maximum atomic E-state index is 14.0. The summed E-state index contributed by atoms with van der Waals surface area (Å²) in [6.07, 6.45) is 0.923. The fraction of sp³-hybridized carbons (Fsp3) is 0.462. The number of aliphatic carboxylic acids is 2. The minimum Gasteiger partial charge on any atom is -0.480 e. The fourth-order valence-electron chi connectivity index (χ4n) is 8.71. The zero-order chi connectivity index (χ0) is 57.3. The first-order valence-electron chi connectivity index (χ1n) is 25.4. The van der Waals surface area contributed by atoms with Gasteiger partial charge in [-0.1, -0.05) is 36.4 Å². The lowest BCUT2D eigenvalue weighted by atomic mass is 10.0. The maximum absolute atomic E-state index is 14.0. The number of nitrogens with one attached hydrogen (secondary N) is 4. The van der Waals surface area contributed by atoms with E-state index in [1.54, 1.807) is 17.0 Å². The van der Waals surface area contributed by atoms with Crippen LogP contribution in [0, 0.1) is 3.57 Å². The van der Waals surface area contributed by atoms with Crippen molar-refractivity contribution in [2.45, 2.75) is 76.7 Å². The molecule has 1 unspecified atom stereocenters. The van der Waals surface area contributed by atoms with Gasteiger partial charge in [0.15, 0.2) is 5.11 Å². The molecule has 1 aliphatic rings. The number of carbonyl (C=O) groups excluding carboxylic acids is 7. The van der Waals surface area contributed by atoms with Crippen molar-refractivity contribution < 1.29 is 53.4 Å². The standard InChI is InChI=1S/C52H72IN13O11S/c1-34(67)5-18-43(50(75)76)61-51(77)60-42(49(73)74)4-2-3-19-66(28-37-8-14-39(53)15-9-37)48(72)38-12-6-36(7-13-38)27-58-52(78)59-40-16-10-35(11-17-40)26-41-29-64(32-46(56)70)23-22-62(30-44(54)68)20-21-63(31-45(55)69)24-25-65(41)33-47(57)71/h6-17,41-43H,2-5,18-33H2,1H3,(H2,54,68)(H2,55,69)(H2,56,70)(H2,57,71)(H,73,74)(H,75,76)(H2,58,59,78)(H2,60,61,77)/t41?,42-,43-/m1/s1. The number of hydrogen-bond acceptors (Lipinski definition) is 14. The van der Waals surface area contributed by atoms with Gasteiger partial charge in [-0.15, -0.1) is 0 Å². The average molecular weight is 1210 g/mol. The number of halogens is 1. The summed E-state index contributed by atoms with van der Waals surface area (Å²) in [5.41, 5.74) is 26.3. The van der Waals surface area contributed by atoms with Crippen molar-refractivity contribution in [1.82, 2.24) is 40.4 Å². The number of Topliss-reactive ketones (excluding diaryl/α,β-unsaturated/α-hetero) is 1.